The van der Waals surface area contributed by atoms with Crippen LogP contribution in [-0.4, -0.2) is 55.2 Å². The van der Waals surface area contributed by atoms with Crippen LogP contribution in [-0.2, 0) is 19.2 Å². The summed E-state index contributed by atoms with van der Waals surface area (Å²) in [5.41, 5.74) is 0. The molecule has 0 aromatic carbocycles. The van der Waals surface area contributed by atoms with Crippen LogP contribution < -0.4 is 10.2 Å². The summed E-state index contributed by atoms with van der Waals surface area (Å²) >= 11 is 0.149. The fourth-order valence-electron chi connectivity index (χ4n) is 4.44. The van der Waals surface area contributed by atoms with Crippen LogP contribution >= 0.6 is 0 Å². The molecule has 0 saturated heterocycles. The maximum atomic E-state index is 10.1. The number of carbonyl (C=O) groups excluding carboxylic acids is 2. The van der Waals surface area contributed by atoms with E-state index in [2.05, 4.69) is 27.7 Å². The van der Waals surface area contributed by atoms with E-state index in [1.54, 1.807) is 8.87 Å². The summed E-state index contributed by atoms with van der Waals surface area (Å²) in [4.78, 5) is 40.0. The molecule has 0 heterocycles. The number of carboxylic acid groups (broad SMARTS) is 4. The first-order valence-corrected chi connectivity index (χ1v) is 23.2. The second kappa shape index (κ2) is 49.1. The first-order chi connectivity index (χ1) is 22.6. The predicted octanol–water partition coefficient (Wildman–Crippen LogP) is 9.16. The minimum absolute atomic E-state index is 0.0628. The Hall–Kier alpha value is -1.32. The Bertz CT molecular complexity index is 604. The number of aliphatic carboxylic acids is 4. The molecule has 0 aliphatic rings. The van der Waals surface area contributed by atoms with Crippen molar-refractivity contribution in [3.05, 3.63) is 0 Å². The average molecular weight is 778 g/mol. The third kappa shape index (κ3) is 71.7. The molecule has 0 saturated carbocycles. The van der Waals surface area contributed by atoms with Crippen LogP contribution in [0, 0.1) is 0 Å². The fourth-order valence-corrected chi connectivity index (χ4v) is 8.60. The van der Waals surface area contributed by atoms with Gasteiger partial charge in [-0.15, -0.1) is 0 Å². The van der Waals surface area contributed by atoms with Gasteiger partial charge >= 0.3 is 81.5 Å². The zero-order chi connectivity index (χ0) is 36.2. The quantitative estimate of drug-likeness (QED) is 0.0522. The van der Waals surface area contributed by atoms with Crippen LogP contribution in [0.3, 0.4) is 0 Å². The molecule has 0 bridgehead atoms. The summed E-state index contributed by atoms with van der Waals surface area (Å²) in [6.07, 6.45) is 29.2. The van der Waals surface area contributed by atoms with Crippen LogP contribution in [0.1, 0.15) is 207 Å². The first kappa shape index (κ1) is 52.5. The summed E-state index contributed by atoms with van der Waals surface area (Å²) in [6.45, 7) is 9.03. The van der Waals surface area contributed by atoms with Crippen LogP contribution in [0.15, 0.2) is 0 Å². The molecule has 0 unspecified atom stereocenters. The van der Waals surface area contributed by atoms with Crippen LogP contribution in [0.2, 0.25) is 8.87 Å². The first-order valence-electron chi connectivity index (χ1n) is 19.1. The van der Waals surface area contributed by atoms with E-state index in [-0.39, 0.29) is 46.8 Å². The van der Waals surface area contributed by atoms with Crippen molar-refractivity contribution >= 4 is 45.0 Å². The average Bonchev–Trinajstić information content (AvgIpc) is 3.02. The normalized spacial score (nSPS) is 9.87. The van der Waals surface area contributed by atoms with Gasteiger partial charge in [-0.1, -0.05) is 117 Å². The van der Waals surface area contributed by atoms with Crippen LogP contribution in [0.5, 0.6) is 0 Å². The van der Waals surface area contributed by atoms with Gasteiger partial charge in [0.15, 0.2) is 0 Å². The summed E-state index contributed by atoms with van der Waals surface area (Å²) in [6, 6.07) is 0. The molecule has 2 N–H and O–H groups in total. The molecule has 47 heavy (non-hydrogen) atoms. The molecule has 0 aromatic rings. The van der Waals surface area contributed by atoms with E-state index in [1.807, 2.05) is 0 Å². The van der Waals surface area contributed by atoms with Crippen molar-refractivity contribution in [2.75, 3.05) is 0 Å². The van der Waals surface area contributed by atoms with Gasteiger partial charge in [-0.2, -0.15) is 0 Å². The van der Waals surface area contributed by atoms with Crippen molar-refractivity contribution < 1.29 is 39.6 Å². The number of hydrogen-bond acceptors (Lipinski definition) is 6. The second-order valence-corrected chi connectivity index (χ2v) is 16.6. The molecule has 9 heteroatoms. The zero-order valence-electron chi connectivity index (χ0n) is 31.1. The van der Waals surface area contributed by atoms with Crippen molar-refractivity contribution in [1.82, 2.24) is 0 Å². The van der Waals surface area contributed by atoms with Crippen LogP contribution in [0.4, 0.5) is 0 Å². The molecular weight excluding hydrogens is 703 g/mol. The van der Waals surface area contributed by atoms with Gasteiger partial charge in [-0.25, -0.2) is 0 Å². The Morgan fingerprint density at radius 2 is 0.617 bits per heavy atom. The maximum Gasteiger partial charge on any atom is 0.303 e. The van der Waals surface area contributed by atoms with Gasteiger partial charge in [-0.05, 0) is 38.5 Å². The van der Waals surface area contributed by atoms with Crippen molar-refractivity contribution in [2.24, 2.45) is 0 Å². The van der Waals surface area contributed by atoms with E-state index in [4.69, 9.17) is 10.2 Å². The Balaban J connectivity index is -0.000000267. The Labute approximate surface area is 299 Å². The number of rotatable bonds is 31. The van der Waals surface area contributed by atoms with Crippen LogP contribution in [0.25, 0.3) is 0 Å². The van der Waals surface area contributed by atoms with Gasteiger partial charge in [0, 0.05) is 24.8 Å². The van der Waals surface area contributed by atoms with E-state index in [1.165, 1.54) is 116 Å². The van der Waals surface area contributed by atoms with Gasteiger partial charge in [0.1, 0.15) is 0 Å². The topological polar surface area (TPSA) is 155 Å². The van der Waals surface area contributed by atoms with Gasteiger partial charge in [0.05, 0.1) is 0 Å². The second-order valence-electron chi connectivity index (χ2n) is 12.4. The van der Waals surface area contributed by atoms with Crippen molar-refractivity contribution in [3.63, 3.8) is 0 Å². The summed E-state index contributed by atoms with van der Waals surface area (Å²) < 4.78 is 3.25. The predicted molar refractivity (Wildman–Crippen MR) is 193 cm³/mol. The number of carboxylic acids is 4. The molecule has 0 atom stereocenters. The number of hydrogen-bond donors (Lipinski definition) is 2. The molecular formula is C38H74O8Sn. The smallest absolute Gasteiger partial charge is 0.303 e. The maximum absolute atomic E-state index is 10.1. The van der Waals surface area contributed by atoms with Crippen molar-refractivity contribution in [1.29, 1.82) is 0 Å². The minimum Gasteiger partial charge on any atom is -0.481 e. The third-order valence-corrected chi connectivity index (χ3v) is 11.5. The standard InChI is InChI=1S/2C12H24O2.C6H10O4.2C4H9.Sn/c2*1-2-3-4-5-6-7-8-9-10-11-12(13)14;7-5(8)3-1-2-4-6(9)10;2*1-3-4-2;/h2*2-11H2,1H3,(H,13,14);1-4H2,(H,7,8)(H,9,10);2*1,3-4H2,2H3;/q;;;;;+2/p-2. The zero-order valence-corrected chi connectivity index (χ0v) is 33.9. The van der Waals surface area contributed by atoms with Crippen molar-refractivity contribution in [3.8, 4) is 0 Å². The largest absolute Gasteiger partial charge is 0.481 e. The van der Waals surface area contributed by atoms with E-state index in [0.717, 1.165) is 25.7 Å². The molecule has 0 spiro atoms. The molecule has 0 rings (SSSR count). The van der Waals surface area contributed by atoms with Crippen molar-refractivity contribution in [2.45, 2.75) is 216 Å². The fraction of sp³-hybridized carbons (Fsp3) is 0.895. The number of carbonyl (C=O) groups is 4. The number of unbranched alkanes of at least 4 members (excludes halogenated alkanes) is 19. The summed E-state index contributed by atoms with van der Waals surface area (Å²) in [7, 11) is 0. The molecule has 0 amide bonds. The molecule has 0 fully saturated rings. The molecule has 0 aliphatic heterocycles. The monoisotopic (exact) mass is 778 g/mol. The summed E-state index contributed by atoms with van der Waals surface area (Å²) in [5.74, 6) is -3.56. The minimum atomic E-state index is -0.909. The Morgan fingerprint density at radius 1 is 0.383 bits per heavy atom. The van der Waals surface area contributed by atoms with E-state index >= 15 is 0 Å². The van der Waals surface area contributed by atoms with E-state index in [9.17, 15) is 29.4 Å². The van der Waals surface area contributed by atoms with E-state index in [0.29, 0.717) is 12.8 Å². The Kier molecular flexibility index (Phi) is 54.8. The third-order valence-electron chi connectivity index (χ3n) is 7.41. The SMILES string of the molecule is CCCCCCCCCCCC(=O)[O-].CCCCCCCCCCCC(=O)[O-].CCC[CH2][Sn+2][CH2]CCC.O=C(O)CCCCC(=O)O. The van der Waals surface area contributed by atoms with Gasteiger partial charge < -0.3 is 30.0 Å². The molecule has 0 radical (unpaired) electrons. The molecule has 0 aromatic heterocycles. The molecule has 0 aliphatic carbocycles. The van der Waals surface area contributed by atoms with E-state index < -0.39 is 23.9 Å². The van der Waals surface area contributed by atoms with Gasteiger partial charge in [0.25, 0.3) is 0 Å². The van der Waals surface area contributed by atoms with Gasteiger partial charge in [0.2, 0.25) is 0 Å². The molecule has 278 valence electrons. The van der Waals surface area contributed by atoms with Gasteiger partial charge in [-0.3, -0.25) is 9.59 Å². The Morgan fingerprint density at radius 3 is 0.851 bits per heavy atom. The molecule has 8 nitrogen and oxygen atoms in total. The summed E-state index contributed by atoms with van der Waals surface area (Å²) in [5, 5.41) is 36.5.